The molecule has 1 saturated carbocycles. The lowest BCUT2D eigenvalue weighted by molar-refractivity contribution is 0.590. The second kappa shape index (κ2) is 3.12. The minimum atomic E-state index is 0.285. The Morgan fingerprint density at radius 3 is 1.93 bits per heavy atom. The molecule has 1 aromatic rings. The maximum Gasteiger partial charge on any atom is -0.0132 e. The van der Waals surface area contributed by atoms with Crippen LogP contribution in [0.4, 0.5) is 0 Å². The van der Waals surface area contributed by atoms with Crippen LogP contribution in [0.25, 0.3) is 0 Å². The maximum absolute atomic E-state index is 2.34. The zero-order valence-electron chi connectivity index (χ0n) is 9.67. The van der Waals surface area contributed by atoms with Gasteiger partial charge in [-0.2, -0.15) is 0 Å². The van der Waals surface area contributed by atoms with Gasteiger partial charge in [0.15, 0.2) is 0 Å². The van der Waals surface area contributed by atoms with Crippen LogP contribution < -0.4 is 0 Å². The first-order valence-corrected chi connectivity index (χ1v) is 5.59. The smallest absolute Gasteiger partial charge is 0.0132 e. The SMILES string of the molecule is CC1CC1c1ccc(C(C)(C)C)cc1. The zero-order valence-corrected chi connectivity index (χ0v) is 9.67. The van der Waals surface area contributed by atoms with Crippen molar-refractivity contribution >= 4 is 0 Å². The summed E-state index contributed by atoms with van der Waals surface area (Å²) in [6.45, 7) is 9.13. The largest absolute Gasteiger partial charge is 0.0619 e. The molecule has 0 amide bonds. The van der Waals surface area contributed by atoms with Crippen molar-refractivity contribution in [1.82, 2.24) is 0 Å². The van der Waals surface area contributed by atoms with E-state index in [1.165, 1.54) is 17.5 Å². The molecule has 0 heterocycles. The molecule has 1 fully saturated rings. The van der Waals surface area contributed by atoms with E-state index in [0.717, 1.165) is 11.8 Å². The molecule has 14 heavy (non-hydrogen) atoms. The van der Waals surface area contributed by atoms with Gasteiger partial charge in [-0.05, 0) is 34.8 Å². The molecule has 0 N–H and O–H groups in total. The molecule has 0 spiro atoms. The van der Waals surface area contributed by atoms with Crippen molar-refractivity contribution in [3.63, 3.8) is 0 Å². The molecule has 0 heteroatoms. The van der Waals surface area contributed by atoms with Gasteiger partial charge in [-0.15, -0.1) is 0 Å². The average Bonchev–Trinajstić information content (AvgIpc) is 2.81. The molecule has 0 aromatic heterocycles. The Morgan fingerprint density at radius 1 is 1.07 bits per heavy atom. The van der Waals surface area contributed by atoms with E-state index in [-0.39, 0.29) is 5.41 Å². The Balaban J connectivity index is 2.18. The van der Waals surface area contributed by atoms with E-state index in [4.69, 9.17) is 0 Å². The van der Waals surface area contributed by atoms with E-state index in [1.807, 2.05) is 0 Å². The van der Waals surface area contributed by atoms with Gasteiger partial charge in [-0.1, -0.05) is 52.0 Å². The lowest BCUT2D eigenvalue weighted by Crippen LogP contribution is -2.10. The molecule has 0 nitrogen and oxygen atoms in total. The van der Waals surface area contributed by atoms with Crippen molar-refractivity contribution in [3.05, 3.63) is 35.4 Å². The van der Waals surface area contributed by atoms with Crippen molar-refractivity contribution in [2.24, 2.45) is 5.92 Å². The first-order valence-electron chi connectivity index (χ1n) is 5.59. The predicted molar refractivity (Wildman–Crippen MR) is 61.7 cm³/mol. The van der Waals surface area contributed by atoms with Gasteiger partial charge in [0, 0.05) is 0 Å². The second-order valence-electron chi connectivity index (χ2n) is 5.69. The van der Waals surface area contributed by atoms with Gasteiger partial charge in [-0.3, -0.25) is 0 Å². The minimum absolute atomic E-state index is 0.285. The second-order valence-corrected chi connectivity index (χ2v) is 5.69. The minimum Gasteiger partial charge on any atom is -0.0619 e. The fourth-order valence-corrected chi connectivity index (χ4v) is 2.02. The van der Waals surface area contributed by atoms with Crippen LogP contribution in [-0.4, -0.2) is 0 Å². The summed E-state index contributed by atoms with van der Waals surface area (Å²) in [6, 6.07) is 9.21. The van der Waals surface area contributed by atoms with Gasteiger partial charge in [0.1, 0.15) is 0 Å². The molecular formula is C14H20. The molecule has 0 bridgehead atoms. The molecule has 2 rings (SSSR count). The number of rotatable bonds is 1. The van der Waals surface area contributed by atoms with Crippen LogP contribution in [0.1, 0.15) is 51.2 Å². The standard InChI is InChI=1S/C14H20/c1-10-9-13(10)11-5-7-12(8-6-11)14(2,3)4/h5-8,10,13H,9H2,1-4H3. The van der Waals surface area contributed by atoms with Gasteiger partial charge in [0.25, 0.3) is 0 Å². The molecular weight excluding hydrogens is 168 g/mol. The van der Waals surface area contributed by atoms with E-state index < -0.39 is 0 Å². The first-order chi connectivity index (χ1) is 6.48. The molecule has 1 aliphatic rings. The summed E-state index contributed by atoms with van der Waals surface area (Å²) >= 11 is 0. The Kier molecular flexibility index (Phi) is 2.17. The van der Waals surface area contributed by atoms with Gasteiger partial charge < -0.3 is 0 Å². The van der Waals surface area contributed by atoms with Gasteiger partial charge >= 0.3 is 0 Å². The van der Waals surface area contributed by atoms with Crippen molar-refractivity contribution in [1.29, 1.82) is 0 Å². The molecule has 76 valence electrons. The molecule has 1 aromatic carbocycles. The van der Waals surface area contributed by atoms with Crippen LogP contribution in [0.2, 0.25) is 0 Å². The topological polar surface area (TPSA) is 0 Å². The molecule has 0 radical (unpaired) electrons. The third-order valence-electron chi connectivity index (χ3n) is 3.31. The van der Waals surface area contributed by atoms with E-state index >= 15 is 0 Å². The summed E-state index contributed by atoms with van der Waals surface area (Å²) in [4.78, 5) is 0. The molecule has 2 unspecified atom stereocenters. The van der Waals surface area contributed by atoms with Gasteiger partial charge in [0.05, 0.1) is 0 Å². The molecule has 1 aliphatic carbocycles. The van der Waals surface area contributed by atoms with Gasteiger partial charge in [0.2, 0.25) is 0 Å². The quantitative estimate of drug-likeness (QED) is 0.622. The molecule has 0 saturated heterocycles. The van der Waals surface area contributed by atoms with E-state index in [9.17, 15) is 0 Å². The van der Waals surface area contributed by atoms with Gasteiger partial charge in [-0.25, -0.2) is 0 Å². The Morgan fingerprint density at radius 2 is 1.57 bits per heavy atom. The van der Waals surface area contributed by atoms with E-state index in [1.54, 1.807) is 0 Å². The summed E-state index contributed by atoms with van der Waals surface area (Å²) in [7, 11) is 0. The van der Waals surface area contributed by atoms with Crippen molar-refractivity contribution in [3.8, 4) is 0 Å². The van der Waals surface area contributed by atoms with Crippen LogP contribution in [0, 0.1) is 5.92 Å². The van der Waals surface area contributed by atoms with Crippen LogP contribution in [0.15, 0.2) is 24.3 Å². The lowest BCUT2D eigenvalue weighted by Gasteiger charge is -2.19. The summed E-state index contributed by atoms with van der Waals surface area (Å²) in [5.41, 5.74) is 3.26. The fourth-order valence-electron chi connectivity index (χ4n) is 2.02. The Hall–Kier alpha value is -0.780. The predicted octanol–water partition coefficient (Wildman–Crippen LogP) is 4.11. The van der Waals surface area contributed by atoms with Crippen molar-refractivity contribution in [2.75, 3.05) is 0 Å². The van der Waals surface area contributed by atoms with E-state index in [0.29, 0.717) is 0 Å². The van der Waals surface area contributed by atoms with Crippen molar-refractivity contribution in [2.45, 2.75) is 45.4 Å². The molecule has 0 aliphatic heterocycles. The third-order valence-corrected chi connectivity index (χ3v) is 3.31. The summed E-state index contributed by atoms with van der Waals surface area (Å²) < 4.78 is 0. The monoisotopic (exact) mass is 188 g/mol. The first kappa shape index (κ1) is 9.76. The highest BCUT2D eigenvalue weighted by Gasteiger charge is 2.33. The summed E-state index contributed by atoms with van der Waals surface area (Å²) in [5.74, 6) is 1.76. The summed E-state index contributed by atoms with van der Waals surface area (Å²) in [5, 5.41) is 0. The van der Waals surface area contributed by atoms with Crippen LogP contribution in [0.5, 0.6) is 0 Å². The number of hydrogen-bond donors (Lipinski definition) is 0. The summed E-state index contributed by atoms with van der Waals surface area (Å²) in [6.07, 6.45) is 1.38. The van der Waals surface area contributed by atoms with Crippen LogP contribution >= 0.6 is 0 Å². The highest BCUT2D eigenvalue weighted by molar-refractivity contribution is 5.32. The fraction of sp³-hybridized carbons (Fsp3) is 0.571. The third kappa shape index (κ3) is 1.84. The maximum atomic E-state index is 2.34. The van der Waals surface area contributed by atoms with E-state index in [2.05, 4.69) is 52.0 Å². The number of hydrogen-bond acceptors (Lipinski definition) is 0. The van der Waals surface area contributed by atoms with Crippen molar-refractivity contribution < 1.29 is 0 Å². The zero-order chi connectivity index (χ0) is 10.3. The highest BCUT2D eigenvalue weighted by atomic mass is 14.4. The average molecular weight is 188 g/mol. The normalized spacial score (nSPS) is 26.3. The number of benzene rings is 1. The highest BCUT2D eigenvalue weighted by Crippen LogP contribution is 2.46. The van der Waals surface area contributed by atoms with Crippen LogP contribution in [-0.2, 0) is 5.41 Å². The van der Waals surface area contributed by atoms with Crippen LogP contribution in [0.3, 0.4) is 0 Å². The Bertz CT molecular complexity index is 313. The lowest BCUT2D eigenvalue weighted by atomic mass is 9.86. The Labute approximate surface area is 87.3 Å². The molecule has 2 atom stereocenters.